The highest BCUT2D eigenvalue weighted by Gasteiger charge is 2.22. The zero-order chi connectivity index (χ0) is 22.8. The number of aromatic nitrogens is 1. The minimum absolute atomic E-state index is 0.0309. The fourth-order valence-corrected chi connectivity index (χ4v) is 3.95. The van der Waals surface area contributed by atoms with E-state index >= 15 is 0 Å². The number of hydrogen-bond acceptors (Lipinski definition) is 5. The molecule has 2 aromatic carbocycles. The summed E-state index contributed by atoms with van der Waals surface area (Å²) in [5, 5.41) is 15.1. The Balaban J connectivity index is 1.70. The molecule has 0 bridgehead atoms. The van der Waals surface area contributed by atoms with Crippen LogP contribution < -0.4 is 0 Å². The molecule has 0 aliphatic carbocycles. The number of rotatable bonds is 11. The van der Waals surface area contributed by atoms with Crippen LogP contribution in [0.1, 0.15) is 43.9 Å². The Bertz CT molecular complexity index is 967. The SMILES string of the molecule is CCCCCCN(OCc1cscn1)C(=O)N(O)Cc1ccccc1-c1ccc(Cl)cc1. The van der Waals surface area contributed by atoms with Gasteiger partial charge in [0.2, 0.25) is 0 Å². The second-order valence-corrected chi connectivity index (χ2v) is 8.58. The van der Waals surface area contributed by atoms with Crippen LogP contribution in [0.25, 0.3) is 11.1 Å². The van der Waals surface area contributed by atoms with Gasteiger partial charge in [-0.2, -0.15) is 5.06 Å². The summed E-state index contributed by atoms with van der Waals surface area (Å²) in [5.41, 5.74) is 5.17. The Morgan fingerprint density at radius 3 is 2.62 bits per heavy atom. The van der Waals surface area contributed by atoms with Gasteiger partial charge in [0.15, 0.2) is 0 Å². The van der Waals surface area contributed by atoms with Crippen molar-refractivity contribution in [2.75, 3.05) is 6.54 Å². The predicted molar refractivity (Wildman–Crippen MR) is 127 cm³/mol. The maximum Gasteiger partial charge on any atom is 0.367 e. The summed E-state index contributed by atoms with van der Waals surface area (Å²) in [4.78, 5) is 22.9. The maximum atomic E-state index is 13.0. The molecule has 0 saturated heterocycles. The molecule has 170 valence electrons. The third kappa shape index (κ3) is 7.03. The molecule has 3 aromatic rings. The van der Waals surface area contributed by atoms with Crippen LogP contribution in [0.4, 0.5) is 4.79 Å². The molecule has 0 spiro atoms. The van der Waals surface area contributed by atoms with Crippen molar-refractivity contribution in [1.29, 1.82) is 0 Å². The van der Waals surface area contributed by atoms with Gasteiger partial charge in [-0.3, -0.25) is 10.0 Å². The van der Waals surface area contributed by atoms with Gasteiger partial charge in [0, 0.05) is 10.4 Å². The standard InChI is InChI=1S/C24H28ClN3O3S/c1-2-3-4-7-14-28(31-16-22-17-32-18-26-22)24(29)27(30)15-20-8-5-6-9-23(20)19-10-12-21(25)13-11-19/h5-6,8-13,17-18,30H,2-4,7,14-16H2,1H3. The summed E-state index contributed by atoms with van der Waals surface area (Å²) in [6, 6.07) is 14.5. The number of amides is 2. The van der Waals surface area contributed by atoms with E-state index in [-0.39, 0.29) is 13.2 Å². The van der Waals surface area contributed by atoms with E-state index in [1.54, 1.807) is 5.51 Å². The van der Waals surface area contributed by atoms with Crippen molar-refractivity contribution in [3.63, 3.8) is 0 Å². The van der Waals surface area contributed by atoms with Crippen molar-refractivity contribution in [3.8, 4) is 11.1 Å². The molecule has 0 radical (unpaired) electrons. The van der Waals surface area contributed by atoms with Crippen molar-refractivity contribution in [2.24, 2.45) is 0 Å². The average molecular weight is 474 g/mol. The number of benzene rings is 2. The van der Waals surface area contributed by atoms with Crippen LogP contribution in [0.15, 0.2) is 59.4 Å². The third-order valence-corrected chi connectivity index (χ3v) is 5.88. The fourth-order valence-electron chi connectivity index (χ4n) is 3.28. The van der Waals surface area contributed by atoms with E-state index in [4.69, 9.17) is 16.4 Å². The lowest BCUT2D eigenvalue weighted by atomic mass is 10.00. The second-order valence-electron chi connectivity index (χ2n) is 7.42. The lowest BCUT2D eigenvalue weighted by Crippen LogP contribution is -2.41. The van der Waals surface area contributed by atoms with Gasteiger partial charge in [0.25, 0.3) is 0 Å². The van der Waals surface area contributed by atoms with Gasteiger partial charge >= 0.3 is 6.03 Å². The van der Waals surface area contributed by atoms with Gasteiger partial charge < -0.3 is 0 Å². The second kappa shape index (κ2) is 12.6. The van der Waals surface area contributed by atoms with Crippen molar-refractivity contribution < 1.29 is 14.8 Å². The van der Waals surface area contributed by atoms with Crippen molar-refractivity contribution in [1.82, 2.24) is 15.1 Å². The normalized spacial score (nSPS) is 10.8. The number of thiazole rings is 1. The summed E-state index contributed by atoms with van der Waals surface area (Å²) in [7, 11) is 0. The molecular formula is C24H28ClN3O3S. The number of hydroxylamine groups is 4. The number of carbonyl (C=O) groups is 1. The Labute approximate surface area is 197 Å². The van der Waals surface area contributed by atoms with Gasteiger partial charge in [0.1, 0.15) is 6.61 Å². The summed E-state index contributed by atoms with van der Waals surface area (Å²) >= 11 is 7.48. The predicted octanol–water partition coefficient (Wildman–Crippen LogP) is 6.79. The van der Waals surface area contributed by atoms with Crippen LogP contribution in [0.3, 0.4) is 0 Å². The molecule has 0 unspecified atom stereocenters. The highest BCUT2D eigenvalue weighted by Crippen LogP contribution is 2.26. The number of nitrogens with zero attached hydrogens (tertiary/aromatic N) is 3. The molecule has 0 aliphatic rings. The maximum absolute atomic E-state index is 13.0. The van der Waals surface area contributed by atoms with Gasteiger partial charge in [0.05, 0.1) is 24.3 Å². The van der Waals surface area contributed by atoms with Crippen LogP contribution in [-0.4, -0.2) is 32.9 Å². The first-order valence-corrected chi connectivity index (χ1v) is 12.0. The van der Waals surface area contributed by atoms with Crippen molar-refractivity contribution >= 4 is 29.0 Å². The zero-order valence-corrected chi connectivity index (χ0v) is 19.7. The number of urea groups is 1. The van der Waals surface area contributed by atoms with Gasteiger partial charge in [-0.15, -0.1) is 11.3 Å². The van der Waals surface area contributed by atoms with E-state index in [2.05, 4.69) is 11.9 Å². The van der Waals surface area contributed by atoms with Gasteiger partial charge in [-0.1, -0.05) is 74.2 Å². The Morgan fingerprint density at radius 1 is 1.12 bits per heavy atom. The van der Waals surface area contributed by atoms with E-state index in [9.17, 15) is 10.0 Å². The van der Waals surface area contributed by atoms with E-state index in [0.29, 0.717) is 16.6 Å². The molecule has 32 heavy (non-hydrogen) atoms. The molecule has 1 N–H and O–H groups in total. The summed E-state index contributed by atoms with van der Waals surface area (Å²) in [6.45, 7) is 2.75. The van der Waals surface area contributed by atoms with E-state index < -0.39 is 6.03 Å². The monoisotopic (exact) mass is 473 g/mol. The lowest BCUT2D eigenvalue weighted by molar-refractivity contribution is -0.168. The minimum atomic E-state index is -0.595. The van der Waals surface area contributed by atoms with E-state index in [0.717, 1.165) is 48.1 Å². The number of hydrogen-bond donors (Lipinski definition) is 1. The molecular weight excluding hydrogens is 446 g/mol. The number of halogens is 1. The molecule has 3 rings (SSSR count). The van der Waals surface area contributed by atoms with Crippen LogP contribution in [0.2, 0.25) is 5.02 Å². The van der Waals surface area contributed by atoms with Crippen LogP contribution in [0, 0.1) is 0 Å². The van der Waals surface area contributed by atoms with Crippen LogP contribution in [0.5, 0.6) is 0 Å². The molecule has 8 heteroatoms. The fraction of sp³-hybridized carbons (Fsp3) is 0.333. The number of carbonyl (C=O) groups excluding carboxylic acids is 1. The first kappa shape index (κ1) is 24.2. The van der Waals surface area contributed by atoms with Crippen LogP contribution >= 0.6 is 22.9 Å². The quantitative estimate of drug-likeness (QED) is 0.189. The topological polar surface area (TPSA) is 65.9 Å². The van der Waals surface area contributed by atoms with E-state index in [1.165, 1.54) is 16.4 Å². The lowest BCUT2D eigenvalue weighted by Gasteiger charge is -2.26. The molecule has 1 heterocycles. The van der Waals surface area contributed by atoms with Gasteiger partial charge in [-0.25, -0.2) is 14.8 Å². The Hall–Kier alpha value is -2.45. The molecule has 0 aliphatic heterocycles. The summed E-state index contributed by atoms with van der Waals surface area (Å²) in [5.74, 6) is 0. The smallest absolute Gasteiger partial charge is 0.284 e. The van der Waals surface area contributed by atoms with Crippen LogP contribution in [-0.2, 0) is 18.0 Å². The van der Waals surface area contributed by atoms with Crippen molar-refractivity contribution in [2.45, 2.75) is 45.8 Å². The highest BCUT2D eigenvalue weighted by molar-refractivity contribution is 7.07. The largest absolute Gasteiger partial charge is 0.367 e. The minimum Gasteiger partial charge on any atom is -0.284 e. The molecule has 6 nitrogen and oxygen atoms in total. The molecule has 2 amide bonds. The molecule has 0 atom stereocenters. The molecule has 1 aromatic heterocycles. The Kier molecular flexibility index (Phi) is 9.49. The zero-order valence-electron chi connectivity index (χ0n) is 18.1. The third-order valence-electron chi connectivity index (χ3n) is 4.99. The van der Waals surface area contributed by atoms with Crippen molar-refractivity contribution in [3.05, 3.63) is 75.7 Å². The number of unbranched alkanes of at least 4 members (excludes halogenated alkanes) is 3. The molecule has 0 fully saturated rings. The molecule has 0 saturated carbocycles. The average Bonchev–Trinajstić information content (AvgIpc) is 3.33. The highest BCUT2D eigenvalue weighted by atomic mass is 35.5. The first-order valence-electron chi connectivity index (χ1n) is 10.7. The Morgan fingerprint density at radius 2 is 1.91 bits per heavy atom. The summed E-state index contributed by atoms with van der Waals surface area (Å²) in [6.07, 6.45) is 3.98. The van der Waals surface area contributed by atoms with Gasteiger partial charge in [-0.05, 0) is 35.2 Å². The van der Waals surface area contributed by atoms with E-state index in [1.807, 2.05) is 53.9 Å². The summed E-state index contributed by atoms with van der Waals surface area (Å²) < 4.78 is 0. The first-order chi connectivity index (χ1) is 15.6.